The van der Waals surface area contributed by atoms with Crippen LogP contribution in [0.4, 0.5) is 5.69 Å². The Labute approximate surface area is 147 Å². The zero-order chi connectivity index (χ0) is 17.8. The summed E-state index contributed by atoms with van der Waals surface area (Å²) >= 11 is 0. The average Bonchev–Trinajstić information content (AvgIpc) is 3.02. The summed E-state index contributed by atoms with van der Waals surface area (Å²) in [6.45, 7) is 2.87. The largest absolute Gasteiger partial charge is 0.497 e. The van der Waals surface area contributed by atoms with Gasteiger partial charge in [-0.2, -0.15) is 0 Å². The van der Waals surface area contributed by atoms with Crippen molar-refractivity contribution in [2.75, 3.05) is 18.6 Å². The minimum Gasteiger partial charge on any atom is -0.497 e. The number of ether oxygens (including phenoxy) is 1. The van der Waals surface area contributed by atoms with Crippen LogP contribution in [-0.2, 0) is 16.1 Å². The van der Waals surface area contributed by atoms with Crippen LogP contribution in [0.2, 0.25) is 0 Å². The third-order valence-electron chi connectivity index (χ3n) is 4.47. The zero-order valence-electron chi connectivity index (χ0n) is 14.5. The SMILES string of the molecule is COc1ccc(CNC(=O)[C@@H]2CC(=O)N(c3ccc(C)cc3)C2)cc1. The number of methoxy groups -OCH3 is 1. The number of aryl methyl sites for hydroxylation is 1. The topological polar surface area (TPSA) is 58.6 Å². The van der Waals surface area contributed by atoms with Crippen LogP contribution >= 0.6 is 0 Å². The molecule has 1 aliphatic heterocycles. The van der Waals surface area contributed by atoms with Crippen LogP contribution < -0.4 is 15.0 Å². The van der Waals surface area contributed by atoms with Crippen LogP contribution in [0.15, 0.2) is 48.5 Å². The van der Waals surface area contributed by atoms with Crippen LogP contribution in [-0.4, -0.2) is 25.5 Å². The van der Waals surface area contributed by atoms with Crippen LogP contribution in [0.25, 0.3) is 0 Å². The lowest BCUT2D eigenvalue weighted by Gasteiger charge is -2.17. The van der Waals surface area contributed by atoms with Gasteiger partial charge >= 0.3 is 0 Å². The molecule has 2 aromatic carbocycles. The third-order valence-corrected chi connectivity index (χ3v) is 4.47. The molecular weight excluding hydrogens is 316 g/mol. The molecule has 0 unspecified atom stereocenters. The third kappa shape index (κ3) is 3.99. The minimum absolute atomic E-state index is 0.00606. The number of rotatable bonds is 5. The zero-order valence-corrected chi connectivity index (χ0v) is 14.5. The van der Waals surface area contributed by atoms with Gasteiger partial charge in [-0.05, 0) is 36.8 Å². The van der Waals surface area contributed by atoms with E-state index in [-0.39, 0.29) is 24.2 Å². The number of amides is 2. The molecule has 1 fully saturated rings. The van der Waals surface area contributed by atoms with E-state index in [2.05, 4.69) is 5.32 Å². The van der Waals surface area contributed by atoms with Gasteiger partial charge < -0.3 is 15.0 Å². The lowest BCUT2D eigenvalue weighted by Crippen LogP contribution is -2.32. The van der Waals surface area contributed by atoms with Crippen molar-refractivity contribution in [1.29, 1.82) is 0 Å². The van der Waals surface area contributed by atoms with Crippen LogP contribution in [0.1, 0.15) is 17.5 Å². The number of carbonyl (C=O) groups is 2. The predicted molar refractivity (Wildman–Crippen MR) is 96.5 cm³/mol. The number of benzene rings is 2. The van der Waals surface area contributed by atoms with E-state index >= 15 is 0 Å². The first-order valence-electron chi connectivity index (χ1n) is 8.34. The highest BCUT2D eigenvalue weighted by molar-refractivity contribution is 6.00. The van der Waals surface area contributed by atoms with Gasteiger partial charge in [-0.3, -0.25) is 9.59 Å². The van der Waals surface area contributed by atoms with Gasteiger partial charge in [0.25, 0.3) is 0 Å². The summed E-state index contributed by atoms with van der Waals surface area (Å²) in [6, 6.07) is 15.3. The van der Waals surface area contributed by atoms with E-state index < -0.39 is 0 Å². The van der Waals surface area contributed by atoms with Crippen molar-refractivity contribution >= 4 is 17.5 Å². The van der Waals surface area contributed by atoms with E-state index in [1.165, 1.54) is 0 Å². The summed E-state index contributed by atoms with van der Waals surface area (Å²) in [4.78, 5) is 26.3. The maximum absolute atomic E-state index is 12.4. The second-order valence-corrected chi connectivity index (χ2v) is 6.31. The Hall–Kier alpha value is -2.82. The predicted octanol–water partition coefficient (Wildman–Crippen LogP) is 2.67. The highest BCUT2D eigenvalue weighted by atomic mass is 16.5. The first-order valence-corrected chi connectivity index (χ1v) is 8.34. The molecule has 0 saturated carbocycles. The first-order chi connectivity index (χ1) is 12.1. The molecule has 2 aromatic rings. The molecule has 1 aliphatic rings. The smallest absolute Gasteiger partial charge is 0.227 e. The number of anilines is 1. The number of nitrogens with one attached hydrogen (secondary N) is 1. The molecule has 1 atom stereocenters. The van der Waals surface area contributed by atoms with Crippen LogP contribution in [0.5, 0.6) is 5.75 Å². The molecule has 1 saturated heterocycles. The Bertz CT molecular complexity index is 754. The lowest BCUT2D eigenvalue weighted by molar-refractivity contribution is -0.126. The number of nitrogens with zero attached hydrogens (tertiary/aromatic N) is 1. The van der Waals surface area contributed by atoms with Crippen molar-refractivity contribution in [1.82, 2.24) is 5.32 Å². The van der Waals surface area contributed by atoms with E-state index in [4.69, 9.17) is 4.74 Å². The Morgan fingerprint density at radius 1 is 1.16 bits per heavy atom. The molecular formula is C20H22N2O3. The van der Waals surface area contributed by atoms with Gasteiger partial charge in [0.1, 0.15) is 5.75 Å². The van der Waals surface area contributed by atoms with Gasteiger partial charge in [-0.25, -0.2) is 0 Å². The van der Waals surface area contributed by atoms with Gasteiger partial charge in [0.2, 0.25) is 11.8 Å². The summed E-state index contributed by atoms with van der Waals surface area (Å²) < 4.78 is 5.12. The van der Waals surface area contributed by atoms with Crippen molar-refractivity contribution in [2.24, 2.45) is 5.92 Å². The van der Waals surface area contributed by atoms with Crippen molar-refractivity contribution < 1.29 is 14.3 Å². The van der Waals surface area contributed by atoms with Gasteiger partial charge in [-0.15, -0.1) is 0 Å². The molecule has 0 bridgehead atoms. The maximum atomic E-state index is 12.4. The minimum atomic E-state index is -0.313. The van der Waals surface area contributed by atoms with Gasteiger partial charge in [-0.1, -0.05) is 29.8 Å². The summed E-state index contributed by atoms with van der Waals surface area (Å²) in [7, 11) is 1.62. The quantitative estimate of drug-likeness (QED) is 0.912. The molecule has 0 spiro atoms. The van der Waals surface area contributed by atoms with Crippen molar-refractivity contribution in [3.63, 3.8) is 0 Å². The molecule has 1 heterocycles. The number of hydrogen-bond acceptors (Lipinski definition) is 3. The Kier molecular flexibility index (Phi) is 5.03. The van der Waals surface area contributed by atoms with Crippen molar-refractivity contribution in [3.8, 4) is 5.75 Å². The van der Waals surface area contributed by atoms with Gasteiger partial charge in [0.15, 0.2) is 0 Å². The molecule has 25 heavy (non-hydrogen) atoms. The molecule has 0 aromatic heterocycles. The fraction of sp³-hybridized carbons (Fsp3) is 0.300. The highest BCUT2D eigenvalue weighted by Gasteiger charge is 2.34. The Morgan fingerprint density at radius 3 is 2.48 bits per heavy atom. The van der Waals surface area contributed by atoms with Gasteiger partial charge in [0.05, 0.1) is 13.0 Å². The molecule has 1 N–H and O–H groups in total. The summed E-state index contributed by atoms with van der Waals surface area (Å²) in [6.07, 6.45) is 0.252. The second-order valence-electron chi connectivity index (χ2n) is 6.31. The van der Waals surface area contributed by atoms with E-state index in [0.717, 1.165) is 22.6 Å². The summed E-state index contributed by atoms with van der Waals surface area (Å²) in [5.41, 5.74) is 2.99. The Balaban J connectivity index is 1.57. The van der Waals surface area contributed by atoms with Gasteiger partial charge in [0, 0.05) is 25.2 Å². The fourth-order valence-electron chi connectivity index (χ4n) is 2.93. The monoisotopic (exact) mass is 338 g/mol. The van der Waals surface area contributed by atoms with E-state index in [1.54, 1.807) is 12.0 Å². The first kappa shape index (κ1) is 17.0. The summed E-state index contributed by atoms with van der Waals surface area (Å²) in [5.74, 6) is 0.379. The van der Waals surface area contributed by atoms with E-state index in [0.29, 0.717) is 13.1 Å². The Morgan fingerprint density at radius 2 is 1.84 bits per heavy atom. The standard InChI is InChI=1S/C20H22N2O3/c1-14-3-7-17(8-4-14)22-13-16(11-19(22)23)20(24)21-12-15-5-9-18(25-2)10-6-15/h3-10,16H,11-13H2,1-2H3,(H,21,24)/t16-/m1/s1. The van der Waals surface area contributed by atoms with E-state index in [1.807, 2.05) is 55.5 Å². The van der Waals surface area contributed by atoms with Crippen LogP contribution in [0, 0.1) is 12.8 Å². The number of carbonyl (C=O) groups excluding carboxylic acids is 2. The molecule has 0 aliphatic carbocycles. The maximum Gasteiger partial charge on any atom is 0.227 e. The van der Waals surface area contributed by atoms with Crippen molar-refractivity contribution in [3.05, 3.63) is 59.7 Å². The molecule has 0 radical (unpaired) electrons. The molecule has 2 amide bonds. The lowest BCUT2D eigenvalue weighted by atomic mass is 10.1. The normalized spacial score (nSPS) is 16.8. The molecule has 3 rings (SSSR count). The average molecular weight is 338 g/mol. The highest BCUT2D eigenvalue weighted by Crippen LogP contribution is 2.25. The van der Waals surface area contributed by atoms with Crippen LogP contribution in [0.3, 0.4) is 0 Å². The van der Waals surface area contributed by atoms with E-state index in [9.17, 15) is 9.59 Å². The molecule has 130 valence electrons. The van der Waals surface area contributed by atoms with Crippen molar-refractivity contribution in [2.45, 2.75) is 19.9 Å². The summed E-state index contributed by atoms with van der Waals surface area (Å²) in [5, 5.41) is 2.92. The number of hydrogen-bond donors (Lipinski definition) is 1. The fourth-order valence-corrected chi connectivity index (χ4v) is 2.93. The molecule has 5 nitrogen and oxygen atoms in total. The molecule has 5 heteroatoms. The second kappa shape index (κ2) is 7.38.